The van der Waals surface area contributed by atoms with Crippen molar-refractivity contribution in [1.29, 1.82) is 0 Å². The van der Waals surface area contributed by atoms with Crippen molar-refractivity contribution in [2.45, 2.75) is 25.1 Å². The van der Waals surface area contributed by atoms with Gasteiger partial charge in [0.1, 0.15) is 0 Å². The van der Waals surface area contributed by atoms with Crippen LogP contribution in [0.2, 0.25) is 0 Å². The van der Waals surface area contributed by atoms with Crippen LogP contribution in [0.4, 0.5) is 15.6 Å². The molecule has 3 N–H and O–H groups in total. The van der Waals surface area contributed by atoms with Gasteiger partial charge >= 0.3 is 6.03 Å². The highest BCUT2D eigenvalue weighted by molar-refractivity contribution is 8.01. The number of carbonyl (C=O) groups is 2. The number of hydrogen-bond acceptors (Lipinski definition) is 7. The van der Waals surface area contributed by atoms with Gasteiger partial charge in [0.2, 0.25) is 11.0 Å². The molecule has 2 rings (SSSR count). The predicted molar refractivity (Wildman–Crippen MR) is 101 cm³/mol. The Morgan fingerprint density at radius 2 is 1.92 bits per heavy atom. The summed E-state index contributed by atoms with van der Waals surface area (Å²) in [6.45, 7) is 6.51. The van der Waals surface area contributed by atoms with E-state index in [1.807, 2.05) is 45.0 Å². The Morgan fingerprint density at radius 1 is 1.20 bits per heavy atom. The monoisotopic (exact) mass is 379 g/mol. The van der Waals surface area contributed by atoms with Gasteiger partial charge in [0, 0.05) is 12.2 Å². The number of anilines is 2. The number of aryl methyl sites for hydroxylation is 1. The minimum atomic E-state index is -0.474. The number of benzene rings is 1. The van der Waals surface area contributed by atoms with E-state index in [4.69, 9.17) is 0 Å². The van der Waals surface area contributed by atoms with Crippen LogP contribution >= 0.6 is 23.1 Å². The summed E-state index contributed by atoms with van der Waals surface area (Å²) in [6.07, 6.45) is 0. The van der Waals surface area contributed by atoms with Gasteiger partial charge in [-0.2, -0.15) is 0 Å². The first-order chi connectivity index (χ1) is 11.9. The number of amides is 3. The van der Waals surface area contributed by atoms with Gasteiger partial charge in [0.05, 0.1) is 5.75 Å². The minimum Gasteiger partial charge on any atom is -0.338 e. The summed E-state index contributed by atoms with van der Waals surface area (Å²) in [5, 5.41) is 16.8. The average Bonchev–Trinajstić information content (AvgIpc) is 3.01. The SMILES string of the molecule is Cc1ccc(Nc2nnc(SCC(=O)NC(=O)NCC(C)C)s2)cc1. The first-order valence-electron chi connectivity index (χ1n) is 7.80. The van der Waals surface area contributed by atoms with Crippen molar-refractivity contribution < 1.29 is 9.59 Å². The summed E-state index contributed by atoms with van der Waals surface area (Å²) in [4.78, 5) is 23.3. The molecule has 25 heavy (non-hydrogen) atoms. The number of rotatable bonds is 7. The third-order valence-corrected chi connectivity index (χ3v) is 4.93. The summed E-state index contributed by atoms with van der Waals surface area (Å²) >= 11 is 2.60. The van der Waals surface area contributed by atoms with E-state index in [1.54, 1.807) is 0 Å². The number of imide groups is 1. The molecule has 0 saturated carbocycles. The van der Waals surface area contributed by atoms with E-state index in [1.165, 1.54) is 28.7 Å². The number of urea groups is 1. The fourth-order valence-electron chi connectivity index (χ4n) is 1.71. The molecule has 1 aromatic carbocycles. The maximum atomic E-state index is 11.7. The third kappa shape index (κ3) is 7.10. The van der Waals surface area contributed by atoms with E-state index in [0.717, 1.165) is 5.69 Å². The van der Waals surface area contributed by atoms with Gasteiger partial charge in [0.25, 0.3) is 0 Å². The van der Waals surface area contributed by atoms with Crippen LogP contribution in [0, 0.1) is 12.8 Å². The Hall–Kier alpha value is -2.13. The largest absolute Gasteiger partial charge is 0.338 e. The summed E-state index contributed by atoms with van der Waals surface area (Å²) < 4.78 is 0.660. The Morgan fingerprint density at radius 3 is 2.60 bits per heavy atom. The van der Waals surface area contributed by atoms with Gasteiger partial charge in [-0.05, 0) is 25.0 Å². The zero-order valence-electron chi connectivity index (χ0n) is 14.3. The maximum absolute atomic E-state index is 11.7. The van der Waals surface area contributed by atoms with Gasteiger partial charge in [0.15, 0.2) is 4.34 Å². The molecule has 0 unspecified atom stereocenters. The molecule has 2 aromatic rings. The second-order valence-electron chi connectivity index (χ2n) is 5.80. The predicted octanol–water partition coefficient (Wildman–Crippen LogP) is 3.16. The molecule has 134 valence electrons. The molecule has 0 bridgehead atoms. The number of hydrogen-bond donors (Lipinski definition) is 3. The molecular weight excluding hydrogens is 358 g/mol. The van der Waals surface area contributed by atoms with Crippen molar-refractivity contribution in [3.63, 3.8) is 0 Å². The zero-order chi connectivity index (χ0) is 18.2. The van der Waals surface area contributed by atoms with E-state index in [-0.39, 0.29) is 11.7 Å². The first kappa shape index (κ1) is 19.2. The molecule has 9 heteroatoms. The highest BCUT2D eigenvalue weighted by Gasteiger charge is 2.11. The number of nitrogens with one attached hydrogen (secondary N) is 3. The first-order valence-corrected chi connectivity index (χ1v) is 9.60. The van der Waals surface area contributed by atoms with E-state index >= 15 is 0 Å². The lowest BCUT2D eigenvalue weighted by Gasteiger charge is -2.07. The van der Waals surface area contributed by atoms with E-state index in [2.05, 4.69) is 26.1 Å². The van der Waals surface area contributed by atoms with Crippen molar-refractivity contribution >= 4 is 45.9 Å². The molecule has 1 aromatic heterocycles. The van der Waals surface area contributed by atoms with E-state index in [9.17, 15) is 9.59 Å². The Kier molecular flexibility index (Phi) is 7.20. The van der Waals surface area contributed by atoms with Gasteiger partial charge in [-0.25, -0.2) is 4.79 Å². The van der Waals surface area contributed by atoms with Crippen molar-refractivity contribution in [3.05, 3.63) is 29.8 Å². The maximum Gasteiger partial charge on any atom is 0.321 e. The topological polar surface area (TPSA) is 96.0 Å². The summed E-state index contributed by atoms with van der Waals surface area (Å²) in [7, 11) is 0. The molecule has 7 nitrogen and oxygen atoms in total. The number of thioether (sulfide) groups is 1. The van der Waals surface area contributed by atoms with Crippen molar-refractivity contribution in [2.24, 2.45) is 5.92 Å². The van der Waals surface area contributed by atoms with Gasteiger partial charge < -0.3 is 10.6 Å². The highest BCUT2D eigenvalue weighted by atomic mass is 32.2. The van der Waals surface area contributed by atoms with Crippen molar-refractivity contribution in [2.75, 3.05) is 17.6 Å². The second kappa shape index (κ2) is 9.38. The average molecular weight is 380 g/mol. The molecule has 0 saturated heterocycles. The number of aromatic nitrogens is 2. The molecule has 0 radical (unpaired) electrons. The van der Waals surface area contributed by atoms with Crippen LogP contribution in [0.1, 0.15) is 19.4 Å². The minimum absolute atomic E-state index is 0.105. The molecule has 1 heterocycles. The van der Waals surface area contributed by atoms with E-state index < -0.39 is 6.03 Å². The zero-order valence-corrected chi connectivity index (χ0v) is 16.0. The lowest BCUT2D eigenvalue weighted by atomic mass is 10.2. The molecule has 0 aliphatic carbocycles. The normalized spacial score (nSPS) is 10.6. The molecule has 0 aliphatic heterocycles. The van der Waals surface area contributed by atoms with Gasteiger partial charge in [-0.15, -0.1) is 10.2 Å². The molecule has 0 atom stereocenters. The lowest BCUT2D eigenvalue weighted by molar-refractivity contribution is -0.117. The summed E-state index contributed by atoms with van der Waals surface area (Å²) in [5.41, 5.74) is 2.11. The fourth-order valence-corrected chi connectivity index (χ4v) is 3.28. The van der Waals surface area contributed by atoms with Gasteiger partial charge in [-0.1, -0.05) is 54.6 Å². The van der Waals surface area contributed by atoms with Crippen LogP contribution in [0.3, 0.4) is 0 Å². The molecule has 3 amide bonds. The Bertz CT molecular complexity index is 716. The van der Waals surface area contributed by atoms with E-state index in [0.29, 0.717) is 21.9 Å². The molecular formula is C16H21N5O2S2. The van der Waals surface area contributed by atoms with Gasteiger partial charge in [-0.3, -0.25) is 10.1 Å². The number of nitrogens with zero attached hydrogens (tertiary/aromatic N) is 2. The summed E-state index contributed by atoms with van der Waals surface area (Å²) in [5.74, 6) is 0.0689. The smallest absolute Gasteiger partial charge is 0.321 e. The van der Waals surface area contributed by atoms with Crippen LogP contribution in [-0.4, -0.2) is 34.4 Å². The van der Waals surface area contributed by atoms with Crippen LogP contribution in [0.25, 0.3) is 0 Å². The quantitative estimate of drug-likeness (QED) is 0.640. The Labute approximate surface area is 155 Å². The Balaban J connectivity index is 1.76. The molecule has 0 fully saturated rings. The highest BCUT2D eigenvalue weighted by Crippen LogP contribution is 2.27. The van der Waals surface area contributed by atoms with Crippen LogP contribution in [-0.2, 0) is 4.79 Å². The molecule has 0 spiro atoms. The second-order valence-corrected chi connectivity index (χ2v) is 8.00. The summed E-state index contributed by atoms with van der Waals surface area (Å²) in [6, 6.07) is 7.47. The number of carbonyl (C=O) groups excluding carboxylic acids is 2. The van der Waals surface area contributed by atoms with Crippen LogP contribution in [0.15, 0.2) is 28.6 Å². The van der Waals surface area contributed by atoms with Crippen molar-refractivity contribution in [1.82, 2.24) is 20.8 Å². The molecule has 0 aliphatic rings. The van der Waals surface area contributed by atoms with Crippen LogP contribution < -0.4 is 16.0 Å². The lowest BCUT2D eigenvalue weighted by Crippen LogP contribution is -2.41. The standard InChI is InChI=1S/C16H21N5O2S2/c1-10(2)8-17-14(23)19-13(22)9-24-16-21-20-15(25-16)18-12-6-4-11(3)5-7-12/h4-7,10H,8-9H2,1-3H3,(H,18,20)(H2,17,19,22,23). The third-order valence-electron chi connectivity index (χ3n) is 2.96. The van der Waals surface area contributed by atoms with Crippen LogP contribution in [0.5, 0.6) is 0 Å². The fraction of sp³-hybridized carbons (Fsp3) is 0.375. The van der Waals surface area contributed by atoms with Crippen molar-refractivity contribution in [3.8, 4) is 0 Å².